The van der Waals surface area contributed by atoms with Crippen LogP contribution in [0.4, 0.5) is 0 Å². The second-order valence-corrected chi connectivity index (χ2v) is 6.66. The number of imidazole rings is 1. The van der Waals surface area contributed by atoms with Gasteiger partial charge in [0.05, 0.1) is 23.5 Å². The zero-order chi connectivity index (χ0) is 17.1. The first kappa shape index (κ1) is 17.0. The molecule has 1 aliphatic heterocycles. The highest BCUT2D eigenvalue weighted by Gasteiger charge is 2.28. The van der Waals surface area contributed by atoms with Gasteiger partial charge in [0.1, 0.15) is 5.82 Å². The molecule has 0 aliphatic carbocycles. The van der Waals surface area contributed by atoms with E-state index < -0.39 is 0 Å². The standard InChI is InChI=1S/C19H28N4O/c1-4-23(5-2)19(24)15-9-8-12-22(13-15)14-18-20-16-10-6-7-11-17(16)21(18)3/h6-7,10-11,15H,4-5,8-9,12-14H2,1-3H3/t15-/m0/s1. The number of nitrogens with zero attached hydrogens (tertiary/aromatic N) is 4. The van der Waals surface area contributed by atoms with Gasteiger partial charge in [-0.25, -0.2) is 4.98 Å². The summed E-state index contributed by atoms with van der Waals surface area (Å²) in [6.07, 6.45) is 2.09. The predicted molar refractivity (Wildman–Crippen MR) is 96.6 cm³/mol. The lowest BCUT2D eigenvalue weighted by atomic mass is 9.96. The molecule has 1 saturated heterocycles. The van der Waals surface area contributed by atoms with Crippen LogP contribution in [0.2, 0.25) is 0 Å². The average molecular weight is 328 g/mol. The molecule has 1 amide bonds. The topological polar surface area (TPSA) is 41.4 Å². The molecule has 5 nitrogen and oxygen atoms in total. The van der Waals surface area contributed by atoms with Crippen molar-refractivity contribution in [3.8, 4) is 0 Å². The van der Waals surface area contributed by atoms with E-state index in [1.54, 1.807) is 0 Å². The number of piperidine rings is 1. The molecule has 1 aromatic carbocycles. The fraction of sp³-hybridized carbons (Fsp3) is 0.579. The van der Waals surface area contributed by atoms with Crippen molar-refractivity contribution in [3.05, 3.63) is 30.1 Å². The molecule has 0 spiro atoms. The molecule has 24 heavy (non-hydrogen) atoms. The summed E-state index contributed by atoms with van der Waals surface area (Å²) in [6, 6.07) is 8.24. The van der Waals surface area contributed by atoms with Crippen LogP contribution in [-0.4, -0.2) is 51.4 Å². The Hall–Kier alpha value is -1.88. The summed E-state index contributed by atoms with van der Waals surface area (Å²) < 4.78 is 2.17. The van der Waals surface area contributed by atoms with Crippen LogP contribution in [0.15, 0.2) is 24.3 Å². The molecule has 1 aromatic heterocycles. The van der Waals surface area contributed by atoms with E-state index in [0.29, 0.717) is 5.91 Å². The van der Waals surface area contributed by atoms with Crippen molar-refractivity contribution < 1.29 is 4.79 Å². The molecule has 1 atom stereocenters. The number of amides is 1. The summed E-state index contributed by atoms with van der Waals surface area (Å²) in [5.74, 6) is 1.52. The SMILES string of the molecule is CCN(CC)C(=O)[C@H]1CCCN(Cc2nc3ccccc3n2C)C1. The largest absolute Gasteiger partial charge is 0.343 e. The molecule has 1 fully saturated rings. The van der Waals surface area contributed by atoms with Crippen LogP contribution in [0.1, 0.15) is 32.5 Å². The predicted octanol–water partition coefficient (Wildman–Crippen LogP) is 2.65. The number of likely N-dealkylation sites (tertiary alicyclic amines) is 1. The van der Waals surface area contributed by atoms with Crippen LogP contribution in [0, 0.1) is 5.92 Å². The Bertz CT molecular complexity index is 704. The van der Waals surface area contributed by atoms with Gasteiger partial charge in [-0.05, 0) is 45.4 Å². The number of rotatable bonds is 5. The van der Waals surface area contributed by atoms with Crippen molar-refractivity contribution in [3.63, 3.8) is 0 Å². The van der Waals surface area contributed by atoms with Crippen LogP contribution in [0.3, 0.4) is 0 Å². The molecule has 3 rings (SSSR count). The van der Waals surface area contributed by atoms with E-state index in [2.05, 4.69) is 42.5 Å². The van der Waals surface area contributed by atoms with Gasteiger partial charge in [-0.2, -0.15) is 0 Å². The Labute approximate surface area is 144 Å². The maximum Gasteiger partial charge on any atom is 0.226 e. The van der Waals surface area contributed by atoms with E-state index in [9.17, 15) is 4.79 Å². The van der Waals surface area contributed by atoms with Crippen molar-refractivity contribution >= 4 is 16.9 Å². The first-order valence-electron chi connectivity index (χ1n) is 9.05. The first-order chi connectivity index (χ1) is 11.6. The summed E-state index contributed by atoms with van der Waals surface area (Å²) in [5.41, 5.74) is 2.21. The summed E-state index contributed by atoms with van der Waals surface area (Å²) in [6.45, 7) is 8.42. The highest BCUT2D eigenvalue weighted by molar-refractivity contribution is 5.79. The molecule has 0 saturated carbocycles. The summed E-state index contributed by atoms with van der Waals surface area (Å²) in [5, 5.41) is 0. The van der Waals surface area contributed by atoms with Crippen molar-refractivity contribution in [2.45, 2.75) is 33.2 Å². The van der Waals surface area contributed by atoms with E-state index in [1.807, 2.05) is 17.0 Å². The number of para-hydroxylation sites is 2. The van der Waals surface area contributed by atoms with Gasteiger partial charge in [0.2, 0.25) is 5.91 Å². The Morgan fingerprint density at radius 1 is 1.29 bits per heavy atom. The molecule has 1 aliphatic rings. The third-order valence-electron chi connectivity index (χ3n) is 5.17. The van der Waals surface area contributed by atoms with E-state index in [1.165, 1.54) is 5.52 Å². The van der Waals surface area contributed by atoms with Crippen LogP contribution >= 0.6 is 0 Å². The lowest BCUT2D eigenvalue weighted by Crippen LogP contribution is -2.44. The van der Waals surface area contributed by atoms with Gasteiger partial charge in [-0.15, -0.1) is 0 Å². The van der Waals surface area contributed by atoms with Crippen molar-refractivity contribution in [2.75, 3.05) is 26.2 Å². The molecule has 0 bridgehead atoms. The number of benzene rings is 1. The average Bonchev–Trinajstić information content (AvgIpc) is 2.92. The molecule has 0 unspecified atom stereocenters. The molecule has 0 radical (unpaired) electrons. The third kappa shape index (κ3) is 3.31. The van der Waals surface area contributed by atoms with Gasteiger partial charge in [0, 0.05) is 26.7 Å². The number of hydrogen-bond acceptors (Lipinski definition) is 3. The minimum absolute atomic E-state index is 0.133. The van der Waals surface area contributed by atoms with E-state index in [0.717, 1.165) is 56.9 Å². The first-order valence-corrected chi connectivity index (χ1v) is 9.05. The fourth-order valence-corrected chi connectivity index (χ4v) is 3.73. The summed E-state index contributed by atoms with van der Waals surface area (Å²) >= 11 is 0. The lowest BCUT2D eigenvalue weighted by molar-refractivity contribution is -0.137. The molecule has 2 aromatic rings. The van der Waals surface area contributed by atoms with E-state index in [4.69, 9.17) is 4.98 Å². The van der Waals surface area contributed by atoms with E-state index in [-0.39, 0.29) is 5.92 Å². The zero-order valence-electron chi connectivity index (χ0n) is 15.0. The van der Waals surface area contributed by atoms with Crippen molar-refractivity contribution in [2.24, 2.45) is 13.0 Å². The maximum absolute atomic E-state index is 12.6. The third-order valence-corrected chi connectivity index (χ3v) is 5.17. The van der Waals surface area contributed by atoms with Crippen LogP contribution in [0.5, 0.6) is 0 Å². The van der Waals surface area contributed by atoms with E-state index >= 15 is 0 Å². The van der Waals surface area contributed by atoms with Gasteiger partial charge in [0.25, 0.3) is 0 Å². The number of aryl methyl sites for hydroxylation is 1. The number of carbonyl (C=O) groups excluding carboxylic acids is 1. The minimum atomic E-state index is 0.133. The van der Waals surface area contributed by atoms with Crippen molar-refractivity contribution in [1.82, 2.24) is 19.4 Å². The lowest BCUT2D eigenvalue weighted by Gasteiger charge is -2.34. The second-order valence-electron chi connectivity index (χ2n) is 6.66. The van der Waals surface area contributed by atoms with Crippen LogP contribution < -0.4 is 0 Å². The summed E-state index contributed by atoms with van der Waals surface area (Å²) in [7, 11) is 2.08. The number of aromatic nitrogens is 2. The fourth-order valence-electron chi connectivity index (χ4n) is 3.73. The Morgan fingerprint density at radius 3 is 2.75 bits per heavy atom. The van der Waals surface area contributed by atoms with Gasteiger partial charge in [-0.1, -0.05) is 12.1 Å². The smallest absolute Gasteiger partial charge is 0.226 e. The molecule has 0 N–H and O–H groups in total. The molecule has 2 heterocycles. The number of carbonyl (C=O) groups is 1. The second kappa shape index (κ2) is 7.34. The van der Waals surface area contributed by atoms with Crippen molar-refractivity contribution in [1.29, 1.82) is 0 Å². The quantitative estimate of drug-likeness (QED) is 0.847. The molecular weight excluding hydrogens is 300 g/mol. The number of hydrogen-bond donors (Lipinski definition) is 0. The van der Waals surface area contributed by atoms with Gasteiger partial charge >= 0.3 is 0 Å². The van der Waals surface area contributed by atoms with Gasteiger partial charge in [0.15, 0.2) is 0 Å². The Balaban J connectivity index is 1.70. The van der Waals surface area contributed by atoms with Gasteiger partial charge < -0.3 is 9.47 Å². The Kier molecular flexibility index (Phi) is 5.19. The number of fused-ring (bicyclic) bond motifs is 1. The Morgan fingerprint density at radius 2 is 2.04 bits per heavy atom. The zero-order valence-corrected chi connectivity index (χ0v) is 15.0. The minimum Gasteiger partial charge on any atom is -0.343 e. The highest BCUT2D eigenvalue weighted by atomic mass is 16.2. The van der Waals surface area contributed by atoms with Crippen LogP contribution in [0.25, 0.3) is 11.0 Å². The maximum atomic E-state index is 12.6. The van der Waals surface area contributed by atoms with Crippen LogP contribution in [-0.2, 0) is 18.4 Å². The summed E-state index contributed by atoms with van der Waals surface area (Å²) in [4.78, 5) is 21.8. The normalized spacial score (nSPS) is 18.9. The molecular formula is C19H28N4O. The molecule has 5 heteroatoms. The molecule has 130 valence electrons. The van der Waals surface area contributed by atoms with Gasteiger partial charge in [-0.3, -0.25) is 9.69 Å². The monoisotopic (exact) mass is 328 g/mol. The highest BCUT2D eigenvalue weighted by Crippen LogP contribution is 2.22.